The summed E-state index contributed by atoms with van der Waals surface area (Å²) in [4.78, 5) is 71.9. The molecule has 0 heterocycles. The summed E-state index contributed by atoms with van der Waals surface area (Å²) in [5, 5.41) is 75.9. The lowest BCUT2D eigenvalue weighted by Gasteiger charge is -2.28. The molecule has 5 atom stereocenters. The van der Waals surface area contributed by atoms with Gasteiger partial charge < -0.3 is 69.3 Å². The molecular weight excluding hydrogens is 824 g/mol. The van der Waals surface area contributed by atoms with E-state index in [2.05, 4.69) is 4.74 Å². The number of aliphatic hydroxyl groups excluding tert-OH is 3. The molecule has 2 aromatic rings. The fourth-order valence-corrected chi connectivity index (χ4v) is 5.88. The van der Waals surface area contributed by atoms with E-state index >= 15 is 0 Å². The Morgan fingerprint density at radius 1 is 0.613 bits per heavy atom. The van der Waals surface area contributed by atoms with Crippen molar-refractivity contribution in [2.24, 2.45) is 23.7 Å². The number of carbonyl (C=O) groups excluding carboxylic acids is 6. The Morgan fingerprint density at radius 3 is 1.42 bits per heavy atom. The van der Waals surface area contributed by atoms with Gasteiger partial charge in [0.05, 0.1) is 66.7 Å². The van der Waals surface area contributed by atoms with E-state index in [4.69, 9.17) is 28.8 Å². The van der Waals surface area contributed by atoms with Crippen molar-refractivity contribution >= 4 is 36.4 Å². The third-order valence-corrected chi connectivity index (χ3v) is 9.15. The van der Waals surface area contributed by atoms with E-state index in [1.165, 1.54) is 43.3 Å². The predicted molar refractivity (Wildman–Crippen MR) is 214 cm³/mol. The number of esters is 4. The normalized spacial score (nSPS) is 14.0. The van der Waals surface area contributed by atoms with Gasteiger partial charge in [-0.2, -0.15) is 0 Å². The molecule has 0 spiro atoms. The molecule has 8 N–H and O–H groups in total. The van der Waals surface area contributed by atoms with Crippen molar-refractivity contribution in [3.63, 3.8) is 0 Å². The summed E-state index contributed by atoms with van der Waals surface area (Å²) < 4.78 is 29.9. The molecule has 0 aromatic heterocycles. The first-order chi connectivity index (χ1) is 29.5. The second kappa shape index (κ2) is 29.4. The van der Waals surface area contributed by atoms with Gasteiger partial charge in [-0.25, -0.2) is 0 Å². The van der Waals surface area contributed by atoms with Gasteiger partial charge >= 0.3 is 23.9 Å². The van der Waals surface area contributed by atoms with Gasteiger partial charge in [-0.15, -0.1) is 0 Å². The summed E-state index contributed by atoms with van der Waals surface area (Å²) in [6.45, 7) is 2.74. The highest BCUT2D eigenvalue weighted by molar-refractivity contribution is 5.83. The highest BCUT2D eigenvalue weighted by Crippen LogP contribution is 2.31. The number of aromatic hydroxyl groups is 4. The Hall–Kier alpha value is -5.90. The van der Waals surface area contributed by atoms with Crippen molar-refractivity contribution in [3.05, 3.63) is 70.8 Å². The molecule has 20 nitrogen and oxygen atoms in total. The zero-order valence-corrected chi connectivity index (χ0v) is 34.8. The monoisotopic (exact) mass is 880 g/mol. The van der Waals surface area contributed by atoms with Crippen LogP contribution < -0.4 is 0 Å². The number of aliphatic hydroxyl groups is 4. The van der Waals surface area contributed by atoms with Crippen LogP contribution in [0.25, 0.3) is 0 Å². The van der Waals surface area contributed by atoms with Crippen LogP contribution in [0.1, 0.15) is 37.8 Å². The fraction of sp³-hybridized carbons (Fsp3) is 0.476. The third-order valence-electron chi connectivity index (χ3n) is 9.15. The molecular formula is C42H56O20. The van der Waals surface area contributed by atoms with E-state index in [0.29, 0.717) is 23.7 Å². The number of benzene rings is 2. The van der Waals surface area contributed by atoms with Gasteiger partial charge in [0.1, 0.15) is 24.4 Å². The van der Waals surface area contributed by atoms with E-state index in [9.17, 15) is 64.5 Å². The van der Waals surface area contributed by atoms with Crippen LogP contribution in [0.3, 0.4) is 0 Å². The van der Waals surface area contributed by atoms with Gasteiger partial charge in [0.2, 0.25) is 0 Å². The first kappa shape index (κ1) is 54.1. The molecule has 2 aromatic carbocycles. The lowest BCUT2D eigenvalue weighted by Crippen LogP contribution is -2.40. The van der Waals surface area contributed by atoms with E-state index < -0.39 is 73.0 Å². The van der Waals surface area contributed by atoms with E-state index in [1.54, 1.807) is 19.1 Å². The minimum absolute atomic E-state index is 0.0314. The van der Waals surface area contributed by atoms with Crippen molar-refractivity contribution in [1.82, 2.24) is 0 Å². The van der Waals surface area contributed by atoms with Gasteiger partial charge in [0, 0.05) is 24.7 Å². The zero-order chi connectivity index (χ0) is 46.8. The molecule has 0 amide bonds. The van der Waals surface area contributed by atoms with Crippen molar-refractivity contribution < 1.29 is 98.0 Å². The molecule has 0 aliphatic heterocycles. The number of hydrogen-bond donors (Lipinski definition) is 8. The number of ether oxygens (including phenoxy) is 6. The molecule has 62 heavy (non-hydrogen) atoms. The molecule has 0 bridgehead atoms. The summed E-state index contributed by atoms with van der Waals surface area (Å²) in [6.07, 6.45) is -0.541. The van der Waals surface area contributed by atoms with Crippen LogP contribution in [-0.2, 0) is 70.0 Å². The molecule has 0 aliphatic rings. The second-order valence-electron chi connectivity index (χ2n) is 13.1. The van der Waals surface area contributed by atoms with Gasteiger partial charge in [0.15, 0.2) is 35.6 Å². The molecule has 20 heteroatoms. The Bertz CT molecular complexity index is 1800. The predicted octanol–water partition coefficient (Wildman–Crippen LogP) is 0.903. The average molecular weight is 881 g/mol. The Morgan fingerprint density at radius 2 is 1.05 bits per heavy atom. The number of methoxy groups -OCH3 is 2. The van der Waals surface area contributed by atoms with Crippen LogP contribution in [0.2, 0.25) is 0 Å². The minimum Gasteiger partial charge on any atom is -0.504 e. The van der Waals surface area contributed by atoms with Crippen LogP contribution in [0.4, 0.5) is 0 Å². The van der Waals surface area contributed by atoms with Crippen LogP contribution in [0, 0.1) is 23.7 Å². The number of rotatable bonds is 26. The maximum atomic E-state index is 12.5. The Balaban J connectivity index is 0.000000632. The minimum atomic E-state index is -2.14. The fourth-order valence-electron chi connectivity index (χ4n) is 5.88. The third kappa shape index (κ3) is 18.4. The van der Waals surface area contributed by atoms with Gasteiger partial charge in [-0.3, -0.25) is 28.8 Å². The molecule has 3 unspecified atom stereocenters. The van der Waals surface area contributed by atoms with E-state index in [1.807, 2.05) is 0 Å². The number of aldehydes is 2. The first-order valence-corrected chi connectivity index (χ1v) is 19.1. The molecule has 0 fully saturated rings. The van der Waals surface area contributed by atoms with Crippen molar-refractivity contribution in [2.75, 3.05) is 53.9 Å². The molecule has 0 saturated carbocycles. The summed E-state index contributed by atoms with van der Waals surface area (Å²) in [7, 11) is 2.15. The number of hydrogen-bond acceptors (Lipinski definition) is 20. The Labute approximate surface area is 357 Å². The highest BCUT2D eigenvalue weighted by Gasteiger charge is 2.40. The lowest BCUT2D eigenvalue weighted by molar-refractivity contribution is -0.183. The largest absolute Gasteiger partial charge is 0.504 e. The number of carbonyl (C=O) groups is 6. The lowest BCUT2D eigenvalue weighted by atomic mass is 9.82. The van der Waals surface area contributed by atoms with Crippen LogP contribution in [0.15, 0.2) is 59.7 Å². The standard InChI is InChI=1S/C23H32O11.C19H24O9/c1-3-16(14-25)17(21(22(29)31-2)23(30)34-11-10-32-9-7-24)13-20(28)33-8-6-15-4-5-18(26)19(27)12-15;1-3-12(10-20)13(17(18(24)25)19(26)27-2)9-16(23)28-7-6-11-4-5-14(21)15(22)8-11/h3-5,12,14,17,21,23-24,26-27,30H,6-11,13H2,1-2H3;3-5,8,10,13,17-18,21-22,24-25H,6-7,9H2,1-2H3/b16-3-;12-3-/t17-,21?,23?;13-,17?/m00/s1. The SMILES string of the molecule is C/C=C(/C=O)[C@H](CC(=O)OCCc1ccc(O)c(O)c1)C(C(=O)OC)C(O)O.C/C=C(/C=O)[C@H](CC(=O)OCCc1ccc(O)c(O)c1)C(C(=O)OC)C(O)OCCOCCO. The maximum Gasteiger partial charge on any atom is 0.314 e. The molecule has 0 aliphatic carbocycles. The smallest absolute Gasteiger partial charge is 0.314 e. The Kier molecular flexibility index (Phi) is 25.6. The first-order valence-electron chi connectivity index (χ1n) is 19.1. The molecule has 344 valence electrons. The quantitative estimate of drug-likeness (QED) is 0.0124. The van der Waals surface area contributed by atoms with Crippen molar-refractivity contribution in [3.8, 4) is 23.0 Å². The number of phenolic OH excluding ortho intramolecular Hbond substituents is 4. The van der Waals surface area contributed by atoms with Crippen LogP contribution >= 0.6 is 0 Å². The summed E-state index contributed by atoms with van der Waals surface area (Å²) in [5.41, 5.74) is 1.33. The summed E-state index contributed by atoms with van der Waals surface area (Å²) in [6, 6.07) is 8.37. The van der Waals surface area contributed by atoms with Crippen molar-refractivity contribution in [2.45, 2.75) is 52.1 Å². The van der Waals surface area contributed by atoms with Crippen molar-refractivity contribution in [1.29, 1.82) is 0 Å². The van der Waals surface area contributed by atoms with Crippen LogP contribution in [0.5, 0.6) is 23.0 Å². The van der Waals surface area contributed by atoms with Gasteiger partial charge in [-0.05, 0) is 60.4 Å². The second-order valence-corrected chi connectivity index (χ2v) is 13.1. The molecule has 0 saturated heterocycles. The topological polar surface area (TPSA) is 320 Å². The summed E-state index contributed by atoms with van der Waals surface area (Å²) >= 11 is 0. The van der Waals surface area contributed by atoms with Gasteiger partial charge in [0.25, 0.3) is 0 Å². The molecule has 2 rings (SSSR count). The summed E-state index contributed by atoms with van der Waals surface area (Å²) in [5.74, 6) is -9.67. The van der Waals surface area contributed by atoms with Gasteiger partial charge in [-0.1, -0.05) is 24.3 Å². The number of allylic oxidation sites excluding steroid dienone is 4. The van der Waals surface area contributed by atoms with E-state index in [-0.39, 0.29) is 86.6 Å². The van der Waals surface area contributed by atoms with E-state index in [0.717, 1.165) is 14.2 Å². The average Bonchev–Trinajstić information content (AvgIpc) is 3.24. The van der Waals surface area contributed by atoms with Crippen LogP contribution in [-0.4, -0.2) is 144 Å². The molecule has 0 radical (unpaired) electrons. The number of phenols is 4. The zero-order valence-electron chi connectivity index (χ0n) is 34.8. The maximum absolute atomic E-state index is 12.5. The highest BCUT2D eigenvalue weighted by atomic mass is 16.6.